The third-order valence-electron chi connectivity index (χ3n) is 4.20. The summed E-state index contributed by atoms with van der Waals surface area (Å²) in [4.78, 5) is 12.3. The van der Waals surface area contributed by atoms with Gasteiger partial charge in [-0.05, 0) is 48.4 Å². The molecular formula is C17H19N3O5S2. The fraction of sp³-hybridized carbons (Fsp3) is 0.235. The van der Waals surface area contributed by atoms with Crippen molar-refractivity contribution >= 4 is 31.6 Å². The van der Waals surface area contributed by atoms with Crippen molar-refractivity contribution in [3.05, 3.63) is 59.7 Å². The van der Waals surface area contributed by atoms with Crippen LogP contribution in [0.15, 0.2) is 53.4 Å². The lowest BCUT2D eigenvalue weighted by Gasteiger charge is -2.17. The third kappa shape index (κ3) is 4.46. The van der Waals surface area contributed by atoms with E-state index in [1.807, 2.05) is 0 Å². The zero-order chi connectivity index (χ0) is 19.7. The number of hydrogen-bond acceptors (Lipinski definition) is 5. The van der Waals surface area contributed by atoms with Crippen molar-refractivity contribution in [2.75, 3.05) is 16.6 Å². The van der Waals surface area contributed by atoms with Crippen molar-refractivity contribution in [2.24, 2.45) is 5.14 Å². The lowest BCUT2D eigenvalue weighted by atomic mass is 10.1. The summed E-state index contributed by atoms with van der Waals surface area (Å²) in [6.45, 7) is 0.568. The van der Waals surface area contributed by atoms with Gasteiger partial charge in [0.15, 0.2) is 0 Å². The normalized spacial score (nSPS) is 16.3. The smallest absolute Gasteiger partial charge is 0.251 e. The maximum absolute atomic E-state index is 12.3. The van der Waals surface area contributed by atoms with E-state index in [9.17, 15) is 21.6 Å². The Labute approximate surface area is 158 Å². The molecule has 1 aliphatic heterocycles. The molecule has 1 aliphatic rings. The SMILES string of the molecule is NS(=O)(=O)c1cccc(CNC(=O)c2ccc(N3CCCS3(=O)=O)cc2)c1. The summed E-state index contributed by atoms with van der Waals surface area (Å²) < 4.78 is 48.0. The summed E-state index contributed by atoms with van der Waals surface area (Å²) >= 11 is 0. The largest absolute Gasteiger partial charge is 0.348 e. The Balaban J connectivity index is 1.67. The number of amides is 1. The summed E-state index contributed by atoms with van der Waals surface area (Å²) in [5.74, 6) is -0.223. The van der Waals surface area contributed by atoms with Gasteiger partial charge in [-0.3, -0.25) is 9.10 Å². The van der Waals surface area contributed by atoms with E-state index in [0.717, 1.165) is 0 Å². The molecular weight excluding hydrogens is 390 g/mol. The Morgan fingerprint density at radius 3 is 2.44 bits per heavy atom. The van der Waals surface area contributed by atoms with E-state index in [1.54, 1.807) is 36.4 Å². The monoisotopic (exact) mass is 409 g/mol. The molecule has 27 heavy (non-hydrogen) atoms. The topological polar surface area (TPSA) is 127 Å². The molecule has 1 heterocycles. The first-order valence-corrected chi connectivity index (χ1v) is 11.3. The Morgan fingerprint density at radius 2 is 1.85 bits per heavy atom. The van der Waals surface area contributed by atoms with Gasteiger partial charge in [-0.2, -0.15) is 0 Å². The number of benzene rings is 2. The predicted octanol–water partition coefficient (Wildman–Crippen LogP) is 0.804. The average Bonchev–Trinajstić information content (AvgIpc) is 2.98. The Morgan fingerprint density at radius 1 is 1.15 bits per heavy atom. The van der Waals surface area contributed by atoms with E-state index in [0.29, 0.717) is 29.8 Å². The van der Waals surface area contributed by atoms with E-state index in [-0.39, 0.29) is 23.1 Å². The van der Waals surface area contributed by atoms with Gasteiger partial charge in [0, 0.05) is 18.7 Å². The Hall–Kier alpha value is -2.43. The lowest BCUT2D eigenvalue weighted by molar-refractivity contribution is 0.0951. The highest BCUT2D eigenvalue weighted by atomic mass is 32.2. The van der Waals surface area contributed by atoms with Crippen molar-refractivity contribution in [2.45, 2.75) is 17.9 Å². The van der Waals surface area contributed by atoms with Gasteiger partial charge in [-0.15, -0.1) is 0 Å². The van der Waals surface area contributed by atoms with Crippen molar-refractivity contribution in [1.29, 1.82) is 0 Å². The van der Waals surface area contributed by atoms with Crippen molar-refractivity contribution in [3.8, 4) is 0 Å². The second kappa shape index (κ2) is 7.29. The number of primary sulfonamides is 1. The Bertz CT molecular complexity index is 1060. The van der Waals surface area contributed by atoms with Gasteiger partial charge < -0.3 is 5.32 Å². The molecule has 10 heteroatoms. The molecule has 1 fully saturated rings. The molecule has 0 bridgehead atoms. The zero-order valence-corrected chi connectivity index (χ0v) is 16.0. The number of nitrogens with two attached hydrogens (primary N) is 1. The van der Waals surface area contributed by atoms with Gasteiger partial charge >= 0.3 is 0 Å². The van der Waals surface area contributed by atoms with Crippen LogP contribution < -0.4 is 14.8 Å². The van der Waals surface area contributed by atoms with Gasteiger partial charge in [0.05, 0.1) is 16.3 Å². The molecule has 1 saturated heterocycles. The first-order chi connectivity index (χ1) is 12.7. The molecule has 2 aromatic carbocycles. The zero-order valence-electron chi connectivity index (χ0n) is 14.3. The van der Waals surface area contributed by atoms with Gasteiger partial charge in [0.25, 0.3) is 5.91 Å². The standard InChI is InChI=1S/C17H19N3O5S2/c18-27(24,25)16-4-1-3-13(11-16)12-19-17(21)14-5-7-15(8-6-14)20-9-2-10-26(20,22)23/h1,3-8,11H,2,9-10,12H2,(H,19,21)(H2,18,24,25). The van der Waals surface area contributed by atoms with Gasteiger partial charge in [-0.1, -0.05) is 12.1 Å². The van der Waals surface area contributed by atoms with Crippen LogP contribution >= 0.6 is 0 Å². The lowest BCUT2D eigenvalue weighted by Crippen LogP contribution is -2.25. The highest BCUT2D eigenvalue weighted by molar-refractivity contribution is 7.93. The number of rotatable bonds is 5. The van der Waals surface area contributed by atoms with Gasteiger partial charge in [0.1, 0.15) is 0 Å². The van der Waals surface area contributed by atoms with E-state index in [4.69, 9.17) is 5.14 Å². The van der Waals surface area contributed by atoms with E-state index in [1.165, 1.54) is 16.4 Å². The number of hydrogen-bond donors (Lipinski definition) is 2. The summed E-state index contributed by atoms with van der Waals surface area (Å²) in [6.07, 6.45) is 0.585. The van der Waals surface area contributed by atoms with Gasteiger partial charge in [0.2, 0.25) is 20.0 Å². The molecule has 8 nitrogen and oxygen atoms in total. The highest BCUT2D eigenvalue weighted by Gasteiger charge is 2.28. The Kier molecular flexibility index (Phi) is 5.22. The molecule has 144 valence electrons. The quantitative estimate of drug-likeness (QED) is 0.755. The van der Waals surface area contributed by atoms with E-state index < -0.39 is 20.0 Å². The van der Waals surface area contributed by atoms with Crippen LogP contribution in [0.5, 0.6) is 0 Å². The number of anilines is 1. The molecule has 2 aromatic rings. The van der Waals surface area contributed by atoms with Crippen LogP contribution in [0.4, 0.5) is 5.69 Å². The molecule has 0 unspecified atom stereocenters. The summed E-state index contributed by atoms with van der Waals surface area (Å²) in [5.41, 5.74) is 1.50. The first kappa shape index (κ1) is 19.3. The van der Waals surface area contributed by atoms with Crippen LogP contribution in [0.1, 0.15) is 22.3 Å². The van der Waals surface area contributed by atoms with Gasteiger partial charge in [-0.25, -0.2) is 22.0 Å². The second-order valence-corrected chi connectivity index (χ2v) is 9.74. The van der Waals surface area contributed by atoms with Crippen LogP contribution in [0.25, 0.3) is 0 Å². The van der Waals surface area contributed by atoms with Crippen molar-refractivity contribution < 1.29 is 21.6 Å². The molecule has 0 spiro atoms. The van der Waals surface area contributed by atoms with Crippen LogP contribution in [-0.4, -0.2) is 35.0 Å². The number of sulfonamides is 2. The molecule has 3 rings (SSSR count). The maximum Gasteiger partial charge on any atom is 0.251 e. The third-order valence-corrected chi connectivity index (χ3v) is 6.98. The summed E-state index contributed by atoms with van der Waals surface area (Å²) in [7, 11) is -7.07. The summed E-state index contributed by atoms with van der Waals surface area (Å²) in [6, 6.07) is 12.3. The van der Waals surface area contributed by atoms with Crippen molar-refractivity contribution in [3.63, 3.8) is 0 Å². The summed E-state index contributed by atoms with van der Waals surface area (Å²) in [5, 5.41) is 7.79. The molecule has 0 radical (unpaired) electrons. The molecule has 1 amide bonds. The van der Waals surface area contributed by atoms with Crippen LogP contribution in [-0.2, 0) is 26.6 Å². The van der Waals surface area contributed by atoms with Crippen LogP contribution in [0.2, 0.25) is 0 Å². The van der Waals surface area contributed by atoms with E-state index in [2.05, 4.69) is 5.32 Å². The molecule has 3 N–H and O–H groups in total. The second-order valence-electron chi connectivity index (χ2n) is 6.16. The fourth-order valence-corrected chi connectivity index (χ4v) is 4.97. The highest BCUT2D eigenvalue weighted by Crippen LogP contribution is 2.24. The number of nitrogens with zero attached hydrogens (tertiary/aromatic N) is 1. The average molecular weight is 409 g/mol. The molecule has 0 aromatic heterocycles. The minimum absolute atomic E-state index is 0.0228. The maximum atomic E-state index is 12.3. The number of nitrogens with one attached hydrogen (secondary N) is 1. The van der Waals surface area contributed by atoms with Crippen molar-refractivity contribution in [1.82, 2.24) is 5.32 Å². The van der Waals surface area contributed by atoms with E-state index >= 15 is 0 Å². The predicted molar refractivity (Wildman–Crippen MR) is 101 cm³/mol. The molecule has 0 saturated carbocycles. The first-order valence-electron chi connectivity index (χ1n) is 8.17. The molecule has 0 aliphatic carbocycles. The number of carbonyl (C=O) groups excluding carboxylic acids is 1. The number of carbonyl (C=O) groups is 1. The fourth-order valence-electron chi connectivity index (χ4n) is 2.83. The molecule has 0 atom stereocenters. The van der Waals surface area contributed by atoms with Crippen LogP contribution in [0, 0.1) is 0 Å². The van der Waals surface area contributed by atoms with Crippen LogP contribution in [0.3, 0.4) is 0 Å². The minimum Gasteiger partial charge on any atom is -0.348 e. The minimum atomic E-state index is -3.80.